The summed E-state index contributed by atoms with van der Waals surface area (Å²) in [5, 5.41) is 14.1. The Morgan fingerprint density at radius 1 is 1.23 bits per heavy atom. The van der Waals surface area contributed by atoms with Crippen molar-refractivity contribution < 1.29 is 9.18 Å². The first kappa shape index (κ1) is 26.0. The molecule has 0 aromatic carbocycles. The standard InChI is InChI=1S/C31H42FN7O/c1-19-11-28(24-16-33-37(3)30(24)34-19)38-10-7-27-25(17-38)20(2)36-39(27)18-31-8-4-5-22(15-31)26(6-9-31)35-29(40)14-21-12-23(32)13-21/h11,16,21-23,26H,4-10,12-15,17-18H2,1-3H3,(H,35,40). The Morgan fingerprint density at radius 2 is 2.08 bits per heavy atom. The average Bonchev–Trinajstić information content (AvgIpc) is 3.43. The quantitative estimate of drug-likeness (QED) is 0.473. The second kappa shape index (κ2) is 9.84. The van der Waals surface area contributed by atoms with Crippen molar-refractivity contribution in [3.05, 3.63) is 34.9 Å². The van der Waals surface area contributed by atoms with Crippen molar-refractivity contribution in [1.29, 1.82) is 0 Å². The summed E-state index contributed by atoms with van der Waals surface area (Å²) >= 11 is 0. The second-order valence-electron chi connectivity index (χ2n) is 13.3. The lowest BCUT2D eigenvalue weighted by molar-refractivity contribution is -0.125. The van der Waals surface area contributed by atoms with Gasteiger partial charge in [-0.2, -0.15) is 10.2 Å². The molecule has 4 heterocycles. The van der Waals surface area contributed by atoms with Gasteiger partial charge in [-0.15, -0.1) is 0 Å². The highest BCUT2D eigenvalue weighted by Gasteiger charge is 2.45. The Morgan fingerprint density at radius 3 is 2.90 bits per heavy atom. The molecule has 3 fully saturated rings. The monoisotopic (exact) mass is 547 g/mol. The molecule has 3 aliphatic carbocycles. The summed E-state index contributed by atoms with van der Waals surface area (Å²) in [6.07, 6.45) is 10.9. The normalized spacial score (nSPS) is 29.8. The van der Waals surface area contributed by atoms with E-state index < -0.39 is 6.17 Å². The SMILES string of the molecule is Cc1cc(N2CCc3c(c(C)nn3CC34CCCC(C3)C(NC(=O)CC3CC(F)C3)CC4)C2)c2cnn(C)c2n1. The van der Waals surface area contributed by atoms with Crippen molar-refractivity contribution >= 4 is 22.6 Å². The lowest BCUT2D eigenvalue weighted by Crippen LogP contribution is -2.50. The Hall–Kier alpha value is -2.97. The summed E-state index contributed by atoms with van der Waals surface area (Å²) < 4.78 is 17.4. The smallest absolute Gasteiger partial charge is 0.220 e. The number of aryl methyl sites for hydroxylation is 3. The Bertz CT molecular complexity index is 1440. The molecule has 0 saturated heterocycles. The van der Waals surface area contributed by atoms with Crippen molar-refractivity contribution in [1.82, 2.24) is 29.9 Å². The number of hydrogen-bond donors (Lipinski definition) is 1. The molecule has 40 heavy (non-hydrogen) atoms. The molecule has 9 heteroatoms. The van der Waals surface area contributed by atoms with Gasteiger partial charge in [0.2, 0.25) is 5.91 Å². The van der Waals surface area contributed by atoms with Crippen molar-refractivity contribution in [3.8, 4) is 0 Å². The summed E-state index contributed by atoms with van der Waals surface area (Å²) in [5.74, 6) is 0.919. The van der Waals surface area contributed by atoms with E-state index >= 15 is 0 Å². The van der Waals surface area contributed by atoms with Crippen LogP contribution >= 0.6 is 0 Å². The Labute approximate surface area is 235 Å². The fraction of sp³-hybridized carbons (Fsp3) is 0.677. The Kier molecular flexibility index (Phi) is 6.39. The molecule has 3 aromatic rings. The number of aromatic nitrogens is 5. The molecule has 1 amide bonds. The number of nitrogens with zero attached hydrogens (tertiary/aromatic N) is 6. The maximum absolute atomic E-state index is 13.2. The zero-order chi connectivity index (χ0) is 27.6. The van der Waals surface area contributed by atoms with Gasteiger partial charge >= 0.3 is 0 Å². The molecule has 3 atom stereocenters. The van der Waals surface area contributed by atoms with Gasteiger partial charge in [-0.1, -0.05) is 6.42 Å². The number of alkyl halides is 1. The van der Waals surface area contributed by atoms with Gasteiger partial charge in [0, 0.05) is 62.5 Å². The molecule has 8 nitrogen and oxygen atoms in total. The summed E-state index contributed by atoms with van der Waals surface area (Å²) in [6.45, 7) is 7.03. The predicted octanol–water partition coefficient (Wildman–Crippen LogP) is 4.94. The second-order valence-corrected chi connectivity index (χ2v) is 13.3. The third kappa shape index (κ3) is 4.59. The van der Waals surface area contributed by atoms with E-state index in [-0.39, 0.29) is 23.3 Å². The van der Waals surface area contributed by atoms with Crippen LogP contribution in [0.2, 0.25) is 0 Å². The van der Waals surface area contributed by atoms with E-state index in [0.29, 0.717) is 25.2 Å². The van der Waals surface area contributed by atoms with E-state index in [1.165, 1.54) is 42.6 Å². The number of nitrogens with one attached hydrogen (secondary N) is 1. The molecule has 0 radical (unpaired) electrons. The summed E-state index contributed by atoms with van der Waals surface area (Å²) in [5.41, 5.74) is 7.34. The molecule has 3 unspecified atom stereocenters. The van der Waals surface area contributed by atoms with Gasteiger partial charge in [-0.3, -0.25) is 14.2 Å². The van der Waals surface area contributed by atoms with E-state index in [9.17, 15) is 9.18 Å². The number of anilines is 1. The molecule has 1 aliphatic heterocycles. The lowest BCUT2D eigenvalue weighted by atomic mass is 9.60. The van der Waals surface area contributed by atoms with Gasteiger partial charge in [0.15, 0.2) is 5.65 Å². The van der Waals surface area contributed by atoms with Crippen LogP contribution in [0.1, 0.15) is 80.4 Å². The first-order valence-corrected chi connectivity index (χ1v) is 15.3. The Balaban J connectivity index is 1.05. The van der Waals surface area contributed by atoms with Gasteiger partial charge < -0.3 is 10.2 Å². The number of amides is 1. The van der Waals surface area contributed by atoms with E-state index in [0.717, 1.165) is 61.3 Å². The van der Waals surface area contributed by atoms with Gasteiger partial charge in [0.1, 0.15) is 6.17 Å². The largest absolute Gasteiger partial charge is 0.366 e. The topological polar surface area (TPSA) is 80.9 Å². The fourth-order valence-electron chi connectivity index (χ4n) is 8.33. The molecular formula is C31H42FN7O. The highest BCUT2D eigenvalue weighted by atomic mass is 19.1. The first-order chi connectivity index (χ1) is 19.3. The average molecular weight is 548 g/mol. The highest BCUT2D eigenvalue weighted by molar-refractivity contribution is 5.89. The van der Waals surface area contributed by atoms with Crippen LogP contribution in [0.25, 0.3) is 11.0 Å². The van der Waals surface area contributed by atoms with Crippen LogP contribution in [0.4, 0.5) is 10.1 Å². The van der Waals surface area contributed by atoms with Crippen molar-refractivity contribution in [2.75, 3.05) is 11.4 Å². The fourth-order valence-corrected chi connectivity index (χ4v) is 8.33. The maximum Gasteiger partial charge on any atom is 0.220 e. The van der Waals surface area contributed by atoms with Crippen LogP contribution in [-0.4, -0.2) is 49.2 Å². The van der Waals surface area contributed by atoms with Crippen LogP contribution in [0, 0.1) is 31.1 Å². The van der Waals surface area contributed by atoms with Crippen molar-refractivity contribution in [2.45, 2.75) is 103 Å². The third-order valence-electron chi connectivity index (χ3n) is 10.5. The molecule has 2 bridgehead atoms. The van der Waals surface area contributed by atoms with Gasteiger partial charge in [0.05, 0.1) is 23.0 Å². The van der Waals surface area contributed by atoms with Crippen LogP contribution in [0.5, 0.6) is 0 Å². The number of halogens is 1. The molecule has 214 valence electrons. The first-order valence-electron chi connectivity index (χ1n) is 15.3. The van der Waals surface area contributed by atoms with Crippen LogP contribution in [-0.2, 0) is 31.4 Å². The molecule has 4 aliphatic rings. The van der Waals surface area contributed by atoms with Gasteiger partial charge in [0.25, 0.3) is 0 Å². The minimum absolute atomic E-state index is 0.134. The molecule has 7 rings (SSSR count). The van der Waals surface area contributed by atoms with Gasteiger partial charge in [-0.25, -0.2) is 9.37 Å². The van der Waals surface area contributed by atoms with Crippen LogP contribution in [0.15, 0.2) is 12.3 Å². The molecule has 3 aromatic heterocycles. The zero-order valence-corrected chi connectivity index (χ0v) is 24.1. The number of hydrogen-bond acceptors (Lipinski definition) is 5. The molecular weight excluding hydrogens is 505 g/mol. The van der Waals surface area contributed by atoms with E-state index in [1.807, 2.05) is 17.9 Å². The van der Waals surface area contributed by atoms with E-state index in [2.05, 4.69) is 39.9 Å². The zero-order valence-electron chi connectivity index (χ0n) is 24.1. The predicted molar refractivity (Wildman–Crippen MR) is 153 cm³/mol. The number of fused-ring (bicyclic) bond motifs is 4. The number of carbonyl (C=O) groups excluding carboxylic acids is 1. The highest BCUT2D eigenvalue weighted by Crippen LogP contribution is 2.50. The summed E-state index contributed by atoms with van der Waals surface area (Å²) in [7, 11) is 1.95. The van der Waals surface area contributed by atoms with Crippen LogP contribution < -0.4 is 10.2 Å². The minimum Gasteiger partial charge on any atom is -0.366 e. The number of rotatable bonds is 6. The summed E-state index contributed by atoms with van der Waals surface area (Å²) in [6, 6.07) is 2.47. The van der Waals surface area contributed by atoms with Gasteiger partial charge in [-0.05, 0) is 82.1 Å². The number of pyridine rings is 1. The molecule has 0 spiro atoms. The summed E-state index contributed by atoms with van der Waals surface area (Å²) in [4.78, 5) is 19.9. The molecule has 1 N–H and O–H groups in total. The van der Waals surface area contributed by atoms with Crippen molar-refractivity contribution in [3.63, 3.8) is 0 Å². The van der Waals surface area contributed by atoms with Crippen LogP contribution in [0.3, 0.4) is 0 Å². The number of carbonyl (C=O) groups is 1. The van der Waals surface area contributed by atoms with E-state index in [1.54, 1.807) is 0 Å². The van der Waals surface area contributed by atoms with E-state index in [4.69, 9.17) is 10.1 Å². The lowest BCUT2D eigenvalue weighted by Gasteiger charge is -2.49. The molecule has 3 saturated carbocycles. The third-order valence-corrected chi connectivity index (χ3v) is 10.5. The van der Waals surface area contributed by atoms with Crippen molar-refractivity contribution in [2.24, 2.45) is 24.3 Å². The maximum atomic E-state index is 13.2. The minimum atomic E-state index is -0.691.